The number of carbonyl (C=O) groups is 1. The molecule has 0 aliphatic heterocycles. The zero-order valence-electron chi connectivity index (χ0n) is 8.82. The van der Waals surface area contributed by atoms with Gasteiger partial charge in [-0.1, -0.05) is 6.07 Å². The predicted molar refractivity (Wildman–Crippen MR) is 55.5 cm³/mol. The van der Waals surface area contributed by atoms with E-state index in [0.29, 0.717) is 6.54 Å². The van der Waals surface area contributed by atoms with Gasteiger partial charge < -0.3 is 5.32 Å². The Kier molecular flexibility index (Phi) is 3.40. The molecule has 0 aliphatic rings. The SMILES string of the molecule is CC(C)(C#N)C(=O)NCc1ccccn1. The Balaban J connectivity index is 2.53. The third-order valence-electron chi connectivity index (χ3n) is 2.00. The van der Waals surface area contributed by atoms with Crippen LogP contribution in [-0.4, -0.2) is 10.9 Å². The number of aromatic nitrogens is 1. The normalized spacial score (nSPS) is 10.5. The maximum atomic E-state index is 11.5. The van der Waals surface area contributed by atoms with Crippen molar-refractivity contribution in [2.24, 2.45) is 5.41 Å². The molecule has 4 nitrogen and oxygen atoms in total. The van der Waals surface area contributed by atoms with Crippen molar-refractivity contribution in [3.05, 3.63) is 30.1 Å². The van der Waals surface area contributed by atoms with Gasteiger partial charge in [0.15, 0.2) is 0 Å². The number of pyridine rings is 1. The monoisotopic (exact) mass is 203 g/mol. The van der Waals surface area contributed by atoms with Crippen LogP contribution in [0.15, 0.2) is 24.4 Å². The summed E-state index contributed by atoms with van der Waals surface area (Å²) in [7, 11) is 0. The van der Waals surface area contributed by atoms with E-state index in [9.17, 15) is 4.79 Å². The molecule has 0 atom stereocenters. The molecule has 0 fully saturated rings. The molecule has 0 saturated carbocycles. The molecule has 1 aromatic rings. The molecule has 0 bridgehead atoms. The van der Waals surface area contributed by atoms with Crippen LogP contribution in [-0.2, 0) is 11.3 Å². The van der Waals surface area contributed by atoms with Gasteiger partial charge >= 0.3 is 0 Å². The minimum absolute atomic E-state index is 0.282. The second kappa shape index (κ2) is 4.56. The minimum Gasteiger partial charge on any atom is -0.349 e. The molecule has 78 valence electrons. The molecule has 0 saturated heterocycles. The van der Waals surface area contributed by atoms with Crippen LogP contribution < -0.4 is 5.32 Å². The van der Waals surface area contributed by atoms with Gasteiger partial charge in [-0.25, -0.2) is 0 Å². The highest BCUT2D eigenvalue weighted by atomic mass is 16.2. The lowest BCUT2D eigenvalue weighted by atomic mass is 9.95. The van der Waals surface area contributed by atoms with Gasteiger partial charge in [0, 0.05) is 6.20 Å². The minimum atomic E-state index is -0.991. The molecule has 1 N–H and O–H groups in total. The quantitative estimate of drug-likeness (QED) is 0.803. The molecular weight excluding hydrogens is 190 g/mol. The van der Waals surface area contributed by atoms with Crippen molar-refractivity contribution in [3.8, 4) is 6.07 Å². The van der Waals surface area contributed by atoms with Crippen LogP contribution in [0.3, 0.4) is 0 Å². The zero-order chi connectivity index (χ0) is 11.3. The van der Waals surface area contributed by atoms with E-state index in [1.54, 1.807) is 20.0 Å². The first kappa shape index (κ1) is 11.2. The molecule has 0 unspecified atom stereocenters. The topological polar surface area (TPSA) is 65.8 Å². The Bertz CT molecular complexity index is 379. The first-order valence-corrected chi connectivity index (χ1v) is 4.66. The maximum Gasteiger partial charge on any atom is 0.240 e. The number of amides is 1. The van der Waals surface area contributed by atoms with E-state index in [4.69, 9.17) is 5.26 Å². The van der Waals surface area contributed by atoms with Crippen LogP contribution in [0.1, 0.15) is 19.5 Å². The molecule has 1 rings (SSSR count). The summed E-state index contributed by atoms with van der Waals surface area (Å²) >= 11 is 0. The Hall–Kier alpha value is -1.89. The molecule has 0 radical (unpaired) electrons. The Morgan fingerprint density at radius 1 is 1.60 bits per heavy atom. The van der Waals surface area contributed by atoms with E-state index in [0.717, 1.165) is 5.69 Å². The maximum absolute atomic E-state index is 11.5. The average molecular weight is 203 g/mol. The van der Waals surface area contributed by atoms with Crippen molar-refractivity contribution in [2.75, 3.05) is 0 Å². The summed E-state index contributed by atoms with van der Waals surface area (Å²) in [6.07, 6.45) is 1.66. The number of rotatable bonds is 3. The second-order valence-electron chi connectivity index (χ2n) is 3.74. The summed E-state index contributed by atoms with van der Waals surface area (Å²) in [5.74, 6) is -0.282. The van der Waals surface area contributed by atoms with Gasteiger partial charge in [-0.15, -0.1) is 0 Å². The van der Waals surface area contributed by atoms with E-state index in [1.807, 2.05) is 24.3 Å². The molecule has 0 aromatic carbocycles. The van der Waals surface area contributed by atoms with Crippen LogP contribution in [0.4, 0.5) is 0 Å². The lowest BCUT2D eigenvalue weighted by Gasteiger charge is -2.14. The Morgan fingerprint density at radius 2 is 2.33 bits per heavy atom. The number of hydrogen-bond acceptors (Lipinski definition) is 3. The molecule has 4 heteroatoms. The fourth-order valence-corrected chi connectivity index (χ4v) is 0.945. The van der Waals surface area contributed by atoms with E-state index in [-0.39, 0.29) is 5.91 Å². The number of nitrogens with zero attached hydrogens (tertiary/aromatic N) is 2. The fourth-order valence-electron chi connectivity index (χ4n) is 0.945. The van der Waals surface area contributed by atoms with E-state index in [2.05, 4.69) is 10.3 Å². The van der Waals surface area contributed by atoms with Crippen molar-refractivity contribution in [3.63, 3.8) is 0 Å². The van der Waals surface area contributed by atoms with Gasteiger partial charge in [-0.05, 0) is 26.0 Å². The second-order valence-corrected chi connectivity index (χ2v) is 3.74. The molecule has 1 heterocycles. The predicted octanol–water partition coefficient (Wildman–Crippen LogP) is 1.25. The summed E-state index contributed by atoms with van der Waals surface area (Å²) in [5, 5.41) is 11.4. The van der Waals surface area contributed by atoms with Crippen LogP contribution in [0, 0.1) is 16.7 Å². The largest absolute Gasteiger partial charge is 0.349 e. The number of nitrogens with one attached hydrogen (secondary N) is 1. The van der Waals surface area contributed by atoms with Gasteiger partial charge in [0.2, 0.25) is 5.91 Å². The van der Waals surface area contributed by atoms with Crippen molar-refractivity contribution >= 4 is 5.91 Å². The first-order chi connectivity index (χ1) is 7.06. The zero-order valence-corrected chi connectivity index (χ0v) is 8.82. The molecule has 1 amide bonds. The van der Waals surface area contributed by atoms with Crippen molar-refractivity contribution in [1.29, 1.82) is 5.26 Å². The van der Waals surface area contributed by atoms with Gasteiger partial charge in [-0.2, -0.15) is 5.26 Å². The van der Waals surface area contributed by atoms with Crippen LogP contribution >= 0.6 is 0 Å². The summed E-state index contributed by atoms with van der Waals surface area (Å²) in [6.45, 7) is 3.52. The molecule has 1 aromatic heterocycles. The summed E-state index contributed by atoms with van der Waals surface area (Å²) in [5.41, 5.74) is -0.214. The summed E-state index contributed by atoms with van der Waals surface area (Å²) in [6, 6.07) is 7.43. The van der Waals surface area contributed by atoms with E-state index >= 15 is 0 Å². The van der Waals surface area contributed by atoms with Gasteiger partial charge in [-0.3, -0.25) is 9.78 Å². The summed E-state index contributed by atoms with van der Waals surface area (Å²) < 4.78 is 0. The molecule has 0 aliphatic carbocycles. The molecular formula is C11H13N3O. The highest BCUT2D eigenvalue weighted by Crippen LogP contribution is 2.12. The Labute approximate surface area is 88.9 Å². The van der Waals surface area contributed by atoms with Crippen molar-refractivity contribution in [2.45, 2.75) is 20.4 Å². The number of carbonyl (C=O) groups excluding carboxylic acids is 1. The number of hydrogen-bond donors (Lipinski definition) is 1. The van der Waals surface area contributed by atoms with Crippen LogP contribution in [0.5, 0.6) is 0 Å². The molecule has 0 spiro atoms. The van der Waals surface area contributed by atoms with Crippen LogP contribution in [0.25, 0.3) is 0 Å². The third kappa shape index (κ3) is 3.06. The average Bonchev–Trinajstić information content (AvgIpc) is 2.27. The Morgan fingerprint density at radius 3 is 2.87 bits per heavy atom. The molecule has 15 heavy (non-hydrogen) atoms. The lowest BCUT2D eigenvalue weighted by Crippen LogP contribution is -2.35. The van der Waals surface area contributed by atoms with Crippen LogP contribution in [0.2, 0.25) is 0 Å². The highest BCUT2D eigenvalue weighted by molar-refractivity contribution is 5.84. The standard InChI is InChI=1S/C11H13N3O/c1-11(2,8-12)10(15)14-7-9-5-3-4-6-13-9/h3-6H,7H2,1-2H3,(H,14,15). The summed E-state index contributed by atoms with van der Waals surface area (Å²) in [4.78, 5) is 15.6. The van der Waals surface area contributed by atoms with Crippen molar-refractivity contribution < 1.29 is 4.79 Å². The lowest BCUT2D eigenvalue weighted by molar-refractivity contribution is -0.126. The van der Waals surface area contributed by atoms with Gasteiger partial charge in [0.25, 0.3) is 0 Å². The van der Waals surface area contributed by atoms with Crippen molar-refractivity contribution in [1.82, 2.24) is 10.3 Å². The van der Waals surface area contributed by atoms with E-state index < -0.39 is 5.41 Å². The smallest absolute Gasteiger partial charge is 0.240 e. The first-order valence-electron chi connectivity index (χ1n) is 4.66. The van der Waals surface area contributed by atoms with Gasteiger partial charge in [0.1, 0.15) is 5.41 Å². The highest BCUT2D eigenvalue weighted by Gasteiger charge is 2.26. The fraction of sp³-hybridized carbons (Fsp3) is 0.364. The number of nitriles is 1. The van der Waals surface area contributed by atoms with Gasteiger partial charge in [0.05, 0.1) is 18.3 Å². The third-order valence-corrected chi connectivity index (χ3v) is 2.00. The van der Waals surface area contributed by atoms with E-state index in [1.165, 1.54) is 0 Å².